The molecule has 36 heavy (non-hydrogen) atoms. The topological polar surface area (TPSA) is 73.9 Å². The summed E-state index contributed by atoms with van der Waals surface area (Å²) in [5.74, 6) is -0.684. The van der Waals surface area contributed by atoms with Gasteiger partial charge in [-0.1, -0.05) is 35.9 Å². The fourth-order valence-electron chi connectivity index (χ4n) is 4.82. The number of ether oxygens (including phenoxy) is 3. The lowest BCUT2D eigenvalue weighted by atomic mass is 9.55. The smallest absolute Gasteiger partial charge is 0.408 e. The molecule has 0 radical (unpaired) electrons. The lowest BCUT2D eigenvalue weighted by molar-refractivity contribution is -0.175. The molecule has 1 aliphatic rings. The largest absolute Gasteiger partial charge is 0.465 e. The van der Waals surface area contributed by atoms with E-state index in [1.54, 1.807) is 33.8 Å². The minimum absolute atomic E-state index is 0.215. The van der Waals surface area contributed by atoms with Crippen molar-refractivity contribution in [2.75, 3.05) is 19.8 Å². The summed E-state index contributed by atoms with van der Waals surface area (Å²) < 4.78 is 30.8. The Morgan fingerprint density at radius 2 is 1.72 bits per heavy atom. The Morgan fingerprint density at radius 3 is 2.31 bits per heavy atom. The molecule has 6 nitrogen and oxygen atoms in total. The van der Waals surface area contributed by atoms with Crippen LogP contribution in [0, 0.1) is 11.2 Å². The van der Waals surface area contributed by atoms with Crippen molar-refractivity contribution >= 4 is 23.7 Å². The third kappa shape index (κ3) is 6.77. The Balaban J connectivity index is 1.86. The number of hydrogen-bond donors (Lipinski definition) is 1. The number of benzene rings is 2. The maximum Gasteiger partial charge on any atom is 0.408 e. The van der Waals surface area contributed by atoms with Gasteiger partial charge in [0, 0.05) is 22.7 Å². The van der Waals surface area contributed by atoms with Gasteiger partial charge in [0.25, 0.3) is 0 Å². The van der Waals surface area contributed by atoms with Crippen LogP contribution in [0.2, 0.25) is 5.02 Å². The van der Waals surface area contributed by atoms with E-state index in [1.165, 1.54) is 12.1 Å². The number of carbonyl (C=O) groups excluding carboxylic acids is 2. The standard InChI is InChI=1S/C28H35ClFNO5/c1-6-34-18-27(24(32)35-7-2)16-28(17-27,31-25(33)36-26(3,4)5)15-19-8-10-20(11-9-19)22-14-21(29)12-13-23(22)30/h8-14H,6-7,15-18H2,1-5H3,(H,31,33). The normalized spacial score (nSPS) is 21.4. The Kier molecular flexibility index (Phi) is 8.67. The van der Waals surface area contributed by atoms with Gasteiger partial charge in [-0.05, 0) is 83.2 Å². The first-order valence-electron chi connectivity index (χ1n) is 12.2. The first kappa shape index (κ1) is 27.9. The number of hydrogen-bond acceptors (Lipinski definition) is 5. The molecule has 8 heteroatoms. The van der Waals surface area contributed by atoms with Crippen LogP contribution >= 0.6 is 11.6 Å². The molecule has 0 atom stereocenters. The lowest BCUT2D eigenvalue weighted by Crippen LogP contribution is -2.67. The highest BCUT2D eigenvalue weighted by Crippen LogP contribution is 2.51. The molecule has 0 aliphatic heterocycles. The van der Waals surface area contributed by atoms with Crippen LogP contribution in [0.3, 0.4) is 0 Å². The fourth-order valence-corrected chi connectivity index (χ4v) is 4.99. The Labute approximate surface area is 217 Å². The molecule has 196 valence electrons. The average Bonchev–Trinajstić information content (AvgIpc) is 2.77. The molecule has 0 unspecified atom stereocenters. The zero-order valence-electron chi connectivity index (χ0n) is 21.6. The summed E-state index contributed by atoms with van der Waals surface area (Å²) >= 11 is 6.05. The van der Waals surface area contributed by atoms with Gasteiger partial charge in [-0.2, -0.15) is 0 Å². The number of amides is 1. The number of rotatable bonds is 9. The molecule has 0 spiro atoms. The molecular formula is C28H35ClFNO5. The van der Waals surface area contributed by atoms with Gasteiger partial charge in [0.05, 0.1) is 18.6 Å². The van der Waals surface area contributed by atoms with Crippen molar-refractivity contribution < 1.29 is 28.2 Å². The van der Waals surface area contributed by atoms with Crippen molar-refractivity contribution in [1.82, 2.24) is 5.32 Å². The van der Waals surface area contributed by atoms with Gasteiger partial charge in [0.2, 0.25) is 0 Å². The third-order valence-electron chi connectivity index (χ3n) is 6.15. The molecule has 1 saturated carbocycles. The summed E-state index contributed by atoms with van der Waals surface area (Å²) in [6.07, 6.45) is 0.609. The van der Waals surface area contributed by atoms with E-state index in [0.29, 0.717) is 42.0 Å². The van der Waals surface area contributed by atoms with Crippen LogP contribution in [0.4, 0.5) is 9.18 Å². The molecule has 0 bridgehead atoms. The lowest BCUT2D eigenvalue weighted by Gasteiger charge is -2.54. The molecular weight excluding hydrogens is 485 g/mol. The minimum atomic E-state index is -0.842. The Hall–Kier alpha value is -2.64. The van der Waals surface area contributed by atoms with E-state index in [2.05, 4.69) is 5.32 Å². The number of nitrogens with one attached hydrogen (secondary N) is 1. The average molecular weight is 520 g/mol. The number of halogens is 2. The van der Waals surface area contributed by atoms with Gasteiger partial charge >= 0.3 is 12.1 Å². The van der Waals surface area contributed by atoms with E-state index in [9.17, 15) is 14.0 Å². The minimum Gasteiger partial charge on any atom is -0.465 e. The molecule has 2 aromatic rings. The van der Waals surface area contributed by atoms with Crippen LogP contribution in [0.1, 0.15) is 53.0 Å². The van der Waals surface area contributed by atoms with Gasteiger partial charge in [0.1, 0.15) is 11.4 Å². The van der Waals surface area contributed by atoms with Crippen LogP contribution in [-0.4, -0.2) is 43.0 Å². The zero-order chi connectivity index (χ0) is 26.6. The number of esters is 1. The van der Waals surface area contributed by atoms with Crippen molar-refractivity contribution in [3.63, 3.8) is 0 Å². The molecule has 1 fully saturated rings. The van der Waals surface area contributed by atoms with E-state index >= 15 is 0 Å². The zero-order valence-corrected chi connectivity index (χ0v) is 22.3. The summed E-state index contributed by atoms with van der Waals surface area (Å²) in [6, 6.07) is 11.9. The highest BCUT2D eigenvalue weighted by molar-refractivity contribution is 6.30. The van der Waals surface area contributed by atoms with Crippen molar-refractivity contribution in [2.45, 2.75) is 65.0 Å². The summed E-state index contributed by atoms with van der Waals surface area (Å²) in [5.41, 5.74) is -0.205. The Bertz CT molecular complexity index is 1070. The molecule has 1 aliphatic carbocycles. The van der Waals surface area contributed by atoms with Crippen LogP contribution in [-0.2, 0) is 25.4 Å². The van der Waals surface area contributed by atoms with Gasteiger partial charge in [-0.25, -0.2) is 9.18 Å². The van der Waals surface area contributed by atoms with Crippen molar-refractivity contribution in [3.05, 3.63) is 58.9 Å². The molecule has 0 heterocycles. The van der Waals surface area contributed by atoms with Crippen molar-refractivity contribution in [2.24, 2.45) is 5.41 Å². The summed E-state index contributed by atoms with van der Waals surface area (Å²) in [4.78, 5) is 25.6. The van der Waals surface area contributed by atoms with Gasteiger partial charge < -0.3 is 19.5 Å². The first-order chi connectivity index (χ1) is 16.9. The molecule has 0 saturated heterocycles. The highest BCUT2D eigenvalue weighted by atomic mass is 35.5. The number of alkyl carbamates (subject to hydrolysis) is 1. The third-order valence-corrected chi connectivity index (χ3v) is 6.38. The van der Waals surface area contributed by atoms with Crippen LogP contribution in [0.15, 0.2) is 42.5 Å². The van der Waals surface area contributed by atoms with E-state index in [0.717, 1.165) is 5.56 Å². The van der Waals surface area contributed by atoms with Gasteiger partial charge in [-0.15, -0.1) is 0 Å². The van der Waals surface area contributed by atoms with Crippen LogP contribution < -0.4 is 5.32 Å². The van der Waals surface area contributed by atoms with Crippen molar-refractivity contribution in [3.8, 4) is 11.1 Å². The maximum absolute atomic E-state index is 14.3. The second-order valence-corrected chi connectivity index (χ2v) is 10.8. The highest BCUT2D eigenvalue weighted by Gasteiger charge is 2.60. The van der Waals surface area contributed by atoms with E-state index in [1.807, 2.05) is 31.2 Å². The second-order valence-electron chi connectivity index (χ2n) is 10.4. The predicted molar refractivity (Wildman–Crippen MR) is 137 cm³/mol. The molecule has 3 rings (SSSR count). The summed E-state index contributed by atoms with van der Waals surface area (Å²) in [7, 11) is 0. The van der Waals surface area contributed by atoms with Crippen LogP contribution in [0.25, 0.3) is 11.1 Å². The second kappa shape index (κ2) is 11.2. The van der Waals surface area contributed by atoms with E-state index in [-0.39, 0.29) is 25.0 Å². The quantitative estimate of drug-likeness (QED) is 0.392. The maximum atomic E-state index is 14.3. The first-order valence-corrected chi connectivity index (χ1v) is 12.6. The van der Waals surface area contributed by atoms with Gasteiger partial charge in [0.15, 0.2) is 0 Å². The summed E-state index contributed by atoms with van der Waals surface area (Å²) in [5, 5.41) is 3.48. The molecule has 1 amide bonds. The van der Waals surface area contributed by atoms with Gasteiger partial charge in [-0.3, -0.25) is 4.79 Å². The fraction of sp³-hybridized carbons (Fsp3) is 0.500. The molecule has 2 aromatic carbocycles. The van der Waals surface area contributed by atoms with Crippen LogP contribution in [0.5, 0.6) is 0 Å². The van der Waals surface area contributed by atoms with E-state index < -0.39 is 22.6 Å². The number of carbonyl (C=O) groups is 2. The molecule has 1 N–H and O–H groups in total. The van der Waals surface area contributed by atoms with Crippen molar-refractivity contribution in [1.29, 1.82) is 0 Å². The molecule has 0 aromatic heterocycles. The SMILES string of the molecule is CCOCC1(C(=O)OCC)CC(Cc2ccc(-c3cc(Cl)ccc3F)cc2)(NC(=O)OC(C)(C)C)C1. The Morgan fingerprint density at radius 1 is 1.06 bits per heavy atom. The van der Waals surface area contributed by atoms with E-state index in [4.69, 9.17) is 25.8 Å². The predicted octanol–water partition coefficient (Wildman–Crippen LogP) is 6.33. The monoisotopic (exact) mass is 519 g/mol. The summed E-state index contributed by atoms with van der Waals surface area (Å²) in [6.45, 7) is 9.97.